The van der Waals surface area contributed by atoms with Crippen LogP contribution in [0.1, 0.15) is 29.7 Å². The van der Waals surface area contributed by atoms with Gasteiger partial charge in [0.05, 0.1) is 12.5 Å². The molecule has 1 amide bonds. The molecule has 0 unspecified atom stereocenters. The van der Waals surface area contributed by atoms with Gasteiger partial charge in [0.2, 0.25) is 5.91 Å². The molecule has 2 aromatic carbocycles. The van der Waals surface area contributed by atoms with Crippen molar-refractivity contribution in [1.82, 2.24) is 5.32 Å². The summed E-state index contributed by atoms with van der Waals surface area (Å²) in [5.41, 5.74) is 3.07. The molecule has 0 fully saturated rings. The lowest BCUT2D eigenvalue weighted by atomic mass is 10.1. The van der Waals surface area contributed by atoms with Crippen molar-refractivity contribution in [2.75, 3.05) is 0 Å². The minimum absolute atomic E-state index is 0.0384. The first-order chi connectivity index (χ1) is 9.54. The average molecular weight is 271 g/mol. The van der Waals surface area contributed by atoms with Crippen LogP contribution in [0, 0.1) is 12.7 Å². The molecule has 0 spiro atoms. The first-order valence-electron chi connectivity index (χ1n) is 6.65. The quantitative estimate of drug-likeness (QED) is 0.905. The van der Waals surface area contributed by atoms with Crippen molar-refractivity contribution in [3.63, 3.8) is 0 Å². The van der Waals surface area contributed by atoms with Crippen LogP contribution in [0.5, 0.6) is 0 Å². The number of hydrogen-bond donors (Lipinski definition) is 1. The van der Waals surface area contributed by atoms with E-state index in [1.165, 1.54) is 17.7 Å². The Labute approximate surface area is 118 Å². The zero-order valence-corrected chi connectivity index (χ0v) is 11.7. The largest absolute Gasteiger partial charge is 0.349 e. The van der Waals surface area contributed by atoms with E-state index in [0.717, 1.165) is 11.1 Å². The zero-order valence-electron chi connectivity index (χ0n) is 11.7. The summed E-state index contributed by atoms with van der Waals surface area (Å²) < 4.78 is 12.8. The van der Waals surface area contributed by atoms with Crippen LogP contribution < -0.4 is 5.32 Å². The summed E-state index contributed by atoms with van der Waals surface area (Å²) in [6.45, 7) is 3.98. The zero-order chi connectivity index (χ0) is 14.5. The van der Waals surface area contributed by atoms with Gasteiger partial charge in [-0.15, -0.1) is 0 Å². The number of carbonyl (C=O) groups excluding carboxylic acids is 1. The first-order valence-corrected chi connectivity index (χ1v) is 6.65. The van der Waals surface area contributed by atoms with Gasteiger partial charge in [-0.3, -0.25) is 4.79 Å². The smallest absolute Gasteiger partial charge is 0.224 e. The summed E-state index contributed by atoms with van der Waals surface area (Å²) in [4.78, 5) is 11.9. The Morgan fingerprint density at radius 3 is 2.30 bits per heavy atom. The number of rotatable bonds is 4. The number of halogens is 1. The minimum Gasteiger partial charge on any atom is -0.349 e. The van der Waals surface area contributed by atoms with Crippen molar-refractivity contribution in [3.8, 4) is 0 Å². The van der Waals surface area contributed by atoms with Crippen LogP contribution in [0.3, 0.4) is 0 Å². The molecule has 2 rings (SSSR count). The first kappa shape index (κ1) is 14.3. The molecule has 1 N–H and O–H groups in total. The van der Waals surface area contributed by atoms with Crippen LogP contribution in [0.4, 0.5) is 4.39 Å². The molecule has 0 aliphatic rings. The van der Waals surface area contributed by atoms with Gasteiger partial charge in [0, 0.05) is 0 Å². The standard InChI is InChI=1S/C17H18FNO/c1-12-3-7-15(8-4-12)13(2)19-17(20)11-14-5-9-16(18)10-6-14/h3-10,13H,11H2,1-2H3,(H,19,20)/t13-/m1/s1. The number of amides is 1. The second kappa shape index (κ2) is 6.33. The fourth-order valence-electron chi connectivity index (χ4n) is 2.02. The molecule has 0 bridgehead atoms. The van der Waals surface area contributed by atoms with Crippen LogP contribution in [-0.4, -0.2) is 5.91 Å². The fraction of sp³-hybridized carbons (Fsp3) is 0.235. The molecule has 3 heteroatoms. The molecule has 0 aliphatic carbocycles. The Hall–Kier alpha value is -2.16. The Bertz CT molecular complexity index is 575. The summed E-state index contributed by atoms with van der Waals surface area (Å²) in [6, 6.07) is 14.0. The third-order valence-electron chi connectivity index (χ3n) is 3.23. The van der Waals surface area contributed by atoms with E-state index in [1.54, 1.807) is 12.1 Å². The predicted molar refractivity (Wildman–Crippen MR) is 77.8 cm³/mol. The molecular formula is C17H18FNO. The maximum absolute atomic E-state index is 12.8. The predicted octanol–water partition coefficient (Wildman–Crippen LogP) is 3.55. The SMILES string of the molecule is Cc1ccc([C@@H](C)NC(=O)Cc2ccc(F)cc2)cc1. The van der Waals surface area contributed by atoms with E-state index in [2.05, 4.69) is 5.32 Å². The Morgan fingerprint density at radius 1 is 1.10 bits per heavy atom. The minimum atomic E-state index is -0.290. The van der Waals surface area contributed by atoms with Gasteiger partial charge in [-0.25, -0.2) is 4.39 Å². The van der Waals surface area contributed by atoms with Crippen molar-refractivity contribution < 1.29 is 9.18 Å². The van der Waals surface area contributed by atoms with Gasteiger partial charge >= 0.3 is 0 Å². The second-order valence-electron chi connectivity index (χ2n) is 5.00. The van der Waals surface area contributed by atoms with E-state index in [9.17, 15) is 9.18 Å². The van der Waals surface area contributed by atoms with Crippen molar-refractivity contribution in [2.45, 2.75) is 26.3 Å². The molecule has 2 nitrogen and oxygen atoms in total. The number of hydrogen-bond acceptors (Lipinski definition) is 1. The number of nitrogens with one attached hydrogen (secondary N) is 1. The van der Waals surface area contributed by atoms with Crippen LogP contribution in [0.25, 0.3) is 0 Å². The van der Waals surface area contributed by atoms with Gasteiger partial charge in [0.25, 0.3) is 0 Å². The maximum Gasteiger partial charge on any atom is 0.224 e. The van der Waals surface area contributed by atoms with E-state index in [4.69, 9.17) is 0 Å². The second-order valence-corrected chi connectivity index (χ2v) is 5.00. The lowest BCUT2D eigenvalue weighted by molar-refractivity contribution is -0.121. The van der Waals surface area contributed by atoms with Crippen molar-refractivity contribution >= 4 is 5.91 Å². The molecule has 0 aromatic heterocycles. The molecular weight excluding hydrogens is 253 g/mol. The highest BCUT2D eigenvalue weighted by Crippen LogP contribution is 2.13. The van der Waals surface area contributed by atoms with Crippen molar-refractivity contribution in [3.05, 3.63) is 71.0 Å². The van der Waals surface area contributed by atoms with Gasteiger partial charge in [-0.2, -0.15) is 0 Å². The molecule has 0 heterocycles. The molecule has 0 saturated carbocycles. The molecule has 20 heavy (non-hydrogen) atoms. The Kier molecular flexibility index (Phi) is 4.51. The summed E-state index contributed by atoms with van der Waals surface area (Å²) in [5, 5.41) is 2.95. The van der Waals surface area contributed by atoms with Gasteiger partial charge < -0.3 is 5.32 Å². The molecule has 1 atom stereocenters. The van der Waals surface area contributed by atoms with E-state index in [-0.39, 0.29) is 24.2 Å². The van der Waals surface area contributed by atoms with E-state index in [0.29, 0.717) is 0 Å². The van der Waals surface area contributed by atoms with Crippen LogP contribution >= 0.6 is 0 Å². The topological polar surface area (TPSA) is 29.1 Å². The lowest BCUT2D eigenvalue weighted by Gasteiger charge is -2.14. The third-order valence-corrected chi connectivity index (χ3v) is 3.23. The molecule has 0 saturated heterocycles. The Morgan fingerprint density at radius 2 is 1.70 bits per heavy atom. The van der Waals surface area contributed by atoms with Gasteiger partial charge in [-0.05, 0) is 37.1 Å². The van der Waals surface area contributed by atoms with Gasteiger partial charge in [-0.1, -0.05) is 42.0 Å². The van der Waals surface area contributed by atoms with Crippen molar-refractivity contribution in [1.29, 1.82) is 0 Å². The van der Waals surface area contributed by atoms with Crippen LogP contribution in [-0.2, 0) is 11.2 Å². The number of aryl methyl sites for hydroxylation is 1. The van der Waals surface area contributed by atoms with E-state index in [1.807, 2.05) is 38.1 Å². The van der Waals surface area contributed by atoms with E-state index >= 15 is 0 Å². The number of benzene rings is 2. The highest BCUT2D eigenvalue weighted by Gasteiger charge is 2.10. The van der Waals surface area contributed by atoms with Gasteiger partial charge in [0.1, 0.15) is 5.82 Å². The highest BCUT2D eigenvalue weighted by molar-refractivity contribution is 5.79. The Balaban J connectivity index is 1.93. The van der Waals surface area contributed by atoms with Gasteiger partial charge in [0.15, 0.2) is 0 Å². The van der Waals surface area contributed by atoms with Crippen LogP contribution in [0.15, 0.2) is 48.5 Å². The highest BCUT2D eigenvalue weighted by atomic mass is 19.1. The third kappa shape index (κ3) is 3.92. The molecule has 0 radical (unpaired) electrons. The maximum atomic E-state index is 12.8. The van der Waals surface area contributed by atoms with E-state index < -0.39 is 0 Å². The monoisotopic (exact) mass is 271 g/mol. The summed E-state index contributed by atoms with van der Waals surface area (Å²) in [5.74, 6) is -0.355. The fourth-order valence-corrected chi connectivity index (χ4v) is 2.02. The molecule has 0 aliphatic heterocycles. The number of carbonyl (C=O) groups is 1. The van der Waals surface area contributed by atoms with Crippen LogP contribution in [0.2, 0.25) is 0 Å². The summed E-state index contributed by atoms with van der Waals surface area (Å²) >= 11 is 0. The summed E-state index contributed by atoms with van der Waals surface area (Å²) in [6.07, 6.45) is 0.260. The lowest BCUT2D eigenvalue weighted by Crippen LogP contribution is -2.28. The normalized spacial score (nSPS) is 11.9. The van der Waals surface area contributed by atoms with Crippen molar-refractivity contribution in [2.24, 2.45) is 0 Å². The average Bonchev–Trinajstić information content (AvgIpc) is 2.42. The molecule has 2 aromatic rings. The summed E-state index contributed by atoms with van der Waals surface area (Å²) in [7, 11) is 0. The molecule has 104 valence electrons.